The Balaban J connectivity index is 1.26. The molecule has 2 aromatic carbocycles. The number of nitrogens with zero attached hydrogens (tertiary/aromatic N) is 12. The van der Waals surface area contributed by atoms with Crippen LogP contribution in [-0.2, 0) is 26.2 Å². The van der Waals surface area contributed by atoms with Crippen LogP contribution in [-0.4, -0.2) is 60.0 Å². The van der Waals surface area contributed by atoms with Gasteiger partial charge in [-0.15, -0.1) is 9.36 Å². The lowest BCUT2D eigenvalue weighted by atomic mass is 10.2. The molecule has 2 aromatic heterocycles. The summed E-state index contributed by atoms with van der Waals surface area (Å²) in [5, 5.41) is 26.7. The number of hydrogen-bond acceptors (Lipinski definition) is 10. The molecule has 0 spiro atoms. The van der Waals surface area contributed by atoms with Gasteiger partial charge in [0.1, 0.15) is 22.9 Å². The monoisotopic (exact) mass is 602 g/mol. The number of ether oxygens (including phenoxy) is 2. The second-order valence-corrected chi connectivity index (χ2v) is 10.2. The maximum atomic E-state index is 5.70. The Bertz CT molecular complexity index is 1460. The second-order valence-electron chi connectivity index (χ2n) is 10.2. The smallest absolute Gasteiger partial charge is 0.403 e. The van der Waals surface area contributed by atoms with Crippen LogP contribution in [0.3, 0.4) is 0 Å². The molecule has 4 aromatic rings. The van der Waals surface area contributed by atoms with Gasteiger partial charge in [-0.1, -0.05) is 10.2 Å². The fourth-order valence-corrected chi connectivity index (χ4v) is 5.17. The van der Waals surface area contributed by atoms with Gasteiger partial charge in [0, 0.05) is 59.9 Å². The van der Waals surface area contributed by atoms with E-state index in [2.05, 4.69) is 66.4 Å². The van der Waals surface area contributed by atoms with Crippen molar-refractivity contribution in [2.75, 3.05) is 50.2 Å². The number of benzene rings is 2. The Morgan fingerprint density at radius 1 is 0.636 bits per heavy atom. The van der Waals surface area contributed by atoms with E-state index in [9.17, 15) is 0 Å². The van der Waals surface area contributed by atoms with Crippen LogP contribution in [0.1, 0.15) is 27.7 Å². The largest absolute Gasteiger partial charge is 0.494 e. The molecule has 1 saturated heterocycles. The van der Waals surface area contributed by atoms with Crippen LogP contribution in [0.2, 0.25) is 0 Å². The first kappa shape index (κ1) is 30.6. The van der Waals surface area contributed by atoms with E-state index in [-0.39, 0.29) is 0 Å². The summed E-state index contributed by atoms with van der Waals surface area (Å²) in [7, 11) is 3.32. The highest BCUT2D eigenvalue weighted by molar-refractivity contribution is 5.64. The molecule has 14 nitrogen and oxygen atoms in total. The van der Waals surface area contributed by atoms with Crippen molar-refractivity contribution in [3.05, 3.63) is 49.1 Å². The zero-order valence-corrected chi connectivity index (χ0v) is 26.5. The van der Waals surface area contributed by atoms with E-state index in [0.717, 1.165) is 63.7 Å². The van der Waals surface area contributed by atoms with Gasteiger partial charge < -0.3 is 19.3 Å². The van der Waals surface area contributed by atoms with Crippen molar-refractivity contribution >= 4 is 34.6 Å². The third-order valence-electron chi connectivity index (χ3n) is 7.75. The zero-order chi connectivity index (χ0) is 31.1. The molecular weight excluding hydrogens is 560 g/mol. The molecule has 0 bridgehead atoms. The fourth-order valence-electron chi connectivity index (χ4n) is 5.17. The number of piperazine rings is 1. The number of aryl methyl sites for hydroxylation is 4. The summed E-state index contributed by atoms with van der Waals surface area (Å²) in [6.45, 7) is 14.6. The van der Waals surface area contributed by atoms with Gasteiger partial charge in [0.15, 0.2) is 0 Å². The highest BCUT2D eigenvalue weighted by Crippen LogP contribution is 2.35. The van der Waals surface area contributed by atoms with Gasteiger partial charge >= 0.3 is 11.9 Å². The Kier molecular flexibility index (Phi) is 9.77. The first-order valence-corrected chi connectivity index (χ1v) is 15.1. The van der Waals surface area contributed by atoms with Gasteiger partial charge in [0.05, 0.1) is 40.4 Å². The molecule has 0 aliphatic carbocycles. The molecular formula is C30H42N12O2+2. The minimum atomic E-state index is 0.675. The second kappa shape index (κ2) is 14.1. The van der Waals surface area contributed by atoms with E-state index in [1.807, 2.05) is 56.6 Å². The number of methoxy groups -OCH3 is 2. The minimum Gasteiger partial charge on any atom is -0.494 e. The molecule has 232 valence electrons. The van der Waals surface area contributed by atoms with E-state index in [4.69, 9.17) is 9.47 Å². The Hall–Kier alpha value is -4.88. The van der Waals surface area contributed by atoms with Gasteiger partial charge in [0.2, 0.25) is 12.7 Å². The van der Waals surface area contributed by atoms with Gasteiger partial charge in [-0.2, -0.15) is 0 Å². The Morgan fingerprint density at radius 3 is 1.39 bits per heavy atom. The highest BCUT2D eigenvalue weighted by atomic mass is 16.5. The lowest BCUT2D eigenvalue weighted by molar-refractivity contribution is -0.681. The molecule has 0 saturated carbocycles. The van der Waals surface area contributed by atoms with Crippen molar-refractivity contribution in [1.29, 1.82) is 0 Å². The molecule has 14 heteroatoms. The summed E-state index contributed by atoms with van der Waals surface area (Å²) in [5.41, 5.74) is 3.53. The molecule has 3 heterocycles. The minimum absolute atomic E-state index is 0.675. The van der Waals surface area contributed by atoms with Crippen LogP contribution in [0.5, 0.6) is 11.5 Å². The van der Waals surface area contributed by atoms with Crippen LogP contribution >= 0.6 is 0 Å². The van der Waals surface area contributed by atoms with Gasteiger partial charge in [-0.25, -0.2) is 9.13 Å². The fraction of sp³-hybridized carbons (Fsp3) is 0.467. The molecule has 0 radical (unpaired) electrons. The Morgan fingerprint density at radius 2 is 1.05 bits per heavy atom. The molecule has 1 fully saturated rings. The van der Waals surface area contributed by atoms with Crippen molar-refractivity contribution in [2.24, 2.45) is 20.5 Å². The maximum absolute atomic E-state index is 5.70. The summed E-state index contributed by atoms with van der Waals surface area (Å²) in [5.74, 6) is 2.78. The molecule has 44 heavy (non-hydrogen) atoms. The highest BCUT2D eigenvalue weighted by Gasteiger charge is 2.22. The number of aromatic nitrogens is 6. The molecule has 5 rings (SSSR count). The zero-order valence-electron chi connectivity index (χ0n) is 26.5. The van der Waals surface area contributed by atoms with Crippen LogP contribution < -0.4 is 28.4 Å². The average molecular weight is 603 g/mol. The summed E-state index contributed by atoms with van der Waals surface area (Å²) in [6.07, 6.45) is 3.55. The molecule has 1 aliphatic heterocycles. The molecule has 0 amide bonds. The maximum Gasteiger partial charge on any atom is 0.403 e. The lowest BCUT2D eigenvalue weighted by Crippen LogP contribution is -2.46. The summed E-state index contributed by atoms with van der Waals surface area (Å²) >= 11 is 0. The number of anilines is 2. The molecule has 1 aliphatic rings. The average Bonchev–Trinajstić information content (AvgIpc) is 3.68. The summed E-state index contributed by atoms with van der Waals surface area (Å²) in [6, 6.07) is 12.1. The van der Waals surface area contributed by atoms with E-state index < -0.39 is 0 Å². The molecule has 0 unspecified atom stereocenters. The lowest BCUT2D eigenvalue weighted by Gasteiger charge is -2.37. The van der Waals surface area contributed by atoms with Crippen LogP contribution in [0.4, 0.5) is 34.6 Å². The van der Waals surface area contributed by atoms with Crippen molar-refractivity contribution < 1.29 is 18.6 Å². The van der Waals surface area contributed by atoms with E-state index in [0.29, 0.717) is 34.8 Å². The van der Waals surface area contributed by atoms with Gasteiger partial charge in [-0.05, 0) is 62.2 Å². The van der Waals surface area contributed by atoms with Crippen LogP contribution in [0, 0.1) is 0 Å². The topological polar surface area (TPSA) is 118 Å². The number of rotatable bonds is 12. The van der Waals surface area contributed by atoms with E-state index in [1.54, 1.807) is 26.9 Å². The van der Waals surface area contributed by atoms with Crippen molar-refractivity contribution in [2.45, 2.75) is 53.9 Å². The Labute approximate surface area is 257 Å². The third-order valence-corrected chi connectivity index (χ3v) is 7.75. The van der Waals surface area contributed by atoms with Crippen LogP contribution in [0.15, 0.2) is 69.5 Å². The first-order valence-electron chi connectivity index (χ1n) is 15.1. The third kappa shape index (κ3) is 6.38. The quantitative estimate of drug-likeness (QED) is 0.168. The number of hydrogen-bond donors (Lipinski definition) is 0. The predicted octanol–water partition coefficient (Wildman–Crippen LogP) is 4.91. The summed E-state index contributed by atoms with van der Waals surface area (Å²) in [4.78, 5) is 4.72. The predicted molar refractivity (Wildman–Crippen MR) is 166 cm³/mol. The van der Waals surface area contributed by atoms with E-state index >= 15 is 0 Å². The SMILES string of the molecule is CCn1nc[n+](CC)c1/N=N/c1ccc(N2CCN(c3ccc(/N=N/c4n(CC)nc[n+]4CC)c(OC)c3)CC2)cc1OC. The van der Waals surface area contributed by atoms with E-state index in [1.165, 1.54) is 0 Å². The first-order chi connectivity index (χ1) is 21.5. The molecule has 0 atom stereocenters. The molecule has 0 N–H and O–H groups in total. The van der Waals surface area contributed by atoms with Crippen molar-refractivity contribution in [3.63, 3.8) is 0 Å². The van der Waals surface area contributed by atoms with Gasteiger partial charge in [-0.3, -0.25) is 0 Å². The van der Waals surface area contributed by atoms with Crippen molar-refractivity contribution in [3.8, 4) is 11.5 Å². The normalized spacial score (nSPS) is 13.9. The standard InChI is InChI=1S/C30H42N12O2/c1-7-37-21-31-41(9-3)29(37)35-33-25-13-11-23(19-27(25)43-5)39-15-17-40(18-16-39)24-12-14-26(28(20-24)44-6)34-36-30-38(8-2)22-32-42(30)10-4/h11-14,19-22H,7-10,15-18H2,1-6H3/q+2. The van der Waals surface area contributed by atoms with Crippen LogP contribution in [0.25, 0.3) is 0 Å². The number of azo groups is 2. The summed E-state index contributed by atoms with van der Waals surface area (Å²) < 4.78 is 19.0. The van der Waals surface area contributed by atoms with Gasteiger partial charge in [0.25, 0.3) is 0 Å². The van der Waals surface area contributed by atoms with Crippen molar-refractivity contribution in [1.82, 2.24) is 19.6 Å².